The van der Waals surface area contributed by atoms with Crippen molar-refractivity contribution in [3.05, 3.63) is 0 Å². The van der Waals surface area contributed by atoms with Crippen molar-refractivity contribution in [2.45, 2.75) is 64.4 Å². The van der Waals surface area contributed by atoms with E-state index in [1.54, 1.807) is 0 Å². The normalized spacial score (nSPS) is 27.2. The Bertz CT molecular complexity index is 253. The highest BCUT2D eigenvalue weighted by atomic mass is 16.5. The Morgan fingerprint density at radius 2 is 2.12 bits per heavy atom. The van der Waals surface area contributed by atoms with Gasteiger partial charge in [-0.25, -0.2) is 0 Å². The zero-order valence-electron chi connectivity index (χ0n) is 11.0. The van der Waals surface area contributed by atoms with Crippen molar-refractivity contribution >= 4 is 5.91 Å². The Balaban J connectivity index is 1.71. The van der Waals surface area contributed by atoms with E-state index >= 15 is 0 Å². The van der Waals surface area contributed by atoms with Gasteiger partial charge in [0, 0.05) is 13.2 Å². The molecule has 0 aromatic rings. The maximum absolute atomic E-state index is 11.8. The van der Waals surface area contributed by atoms with Gasteiger partial charge >= 0.3 is 0 Å². The van der Waals surface area contributed by atoms with Gasteiger partial charge in [-0.1, -0.05) is 19.8 Å². The van der Waals surface area contributed by atoms with Crippen molar-refractivity contribution < 1.29 is 9.53 Å². The molecule has 1 aliphatic carbocycles. The first kappa shape index (κ1) is 12.9. The minimum absolute atomic E-state index is 0.177. The summed E-state index contributed by atoms with van der Waals surface area (Å²) in [6.07, 6.45) is 9.30. The maximum atomic E-state index is 11.8. The SMILES string of the molecule is CCC1(CNC(=O)C[C@H]2CCCO2)CCCC1. The lowest BCUT2D eigenvalue weighted by molar-refractivity contribution is -0.123. The fourth-order valence-corrected chi connectivity index (χ4v) is 3.15. The first-order valence-corrected chi connectivity index (χ1v) is 7.12. The molecule has 0 aromatic carbocycles. The first-order chi connectivity index (χ1) is 8.24. The van der Waals surface area contributed by atoms with Gasteiger partial charge in [0.1, 0.15) is 0 Å². The largest absolute Gasteiger partial charge is 0.378 e. The van der Waals surface area contributed by atoms with Crippen molar-refractivity contribution in [1.82, 2.24) is 5.32 Å². The highest BCUT2D eigenvalue weighted by molar-refractivity contribution is 5.76. The predicted molar refractivity (Wildman–Crippen MR) is 67.8 cm³/mol. The molecule has 0 aromatic heterocycles. The van der Waals surface area contributed by atoms with Crippen molar-refractivity contribution in [3.63, 3.8) is 0 Å². The molecule has 1 saturated carbocycles. The summed E-state index contributed by atoms with van der Waals surface area (Å²) in [5, 5.41) is 3.12. The monoisotopic (exact) mass is 239 g/mol. The Morgan fingerprint density at radius 1 is 1.35 bits per heavy atom. The average molecular weight is 239 g/mol. The first-order valence-electron chi connectivity index (χ1n) is 7.12. The van der Waals surface area contributed by atoms with Gasteiger partial charge in [0.05, 0.1) is 12.5 Å². The summed E-state index contributed by atoms with van der Waals surface area (Å²) < 4.78 is 5.49. The minimum Gasteiger partial charge on any atom is -0.378 e. The van der Waals surface area contributed by atoms with Crippen LogP contribution in [-0.2, 0) is 9.53 Å². The molecule has 17 heavy (non-hydrogen) atoms. The summed E-state index contributed by atoms with van der Waals surface area (Å²) in [6, 6.07) is 0. The zero-order chi connectivity index (χ0) is 12.1. The predicted octanol–water partition coefficient (Wildman–Crippen LogP) is 2.64. The number of carbonyl (C=O) groups is 1. The van der Waals surface area contributed by atoms with E-state index in [-0.39, 0.29) is 12.0 Å². The smallest absolute Gasteiger partial charge is 0.222 e. The Kier molecular flexibility index (Phi) is 4.43. The van der Waals surface area contributed by atoms with Crippen LogP contribution in [0.5, 0.6) is 0 Å². The zero-order valence-corrected chi connectivity index (χ0v) is 11.0. The highest BCUT2D eigenvalue weighted by Gasteiger charge is 2.32. The Labute approximate surface area is 104 Å². The second-order valence-corrected chi connectivity index (χ2v) is 5.68. The van der Waals surface area contributed by atoms with E-state index in [0.717, 1.165) is 26.0 Å². The van der Waals surface area contributed by atoms with Crippen LogP contribution < -0.4 is 5.32 Å². The summed E-state index contributed by atoms with van der Waals surface area (Å²) >= 11 is 0. The van der Waals surface area contributed by atoms with E-state index in [1.807, 2.05) is 0 Å². The average Bonchev–Trinajstić information content (AvgIpc) is 2.98. The van der Waals surface area contributed by atoms with Gasteiger partial charge in [0.25, 0.3) is 0 Å². The van der Waals surface area contributed by atoms with Gasteiger partial charge in [-0.15, -0.1) is 0 Å². The fraction of sp³-hybridized carbons (Fsp3) is 0.929. The van der Waals surface area contributed by atoms with Crippen molar-refractivity contribution in [3.8, 4) is 0 Å². The van der Waals surface area contributed by atoms with Crippen LogP contribution in [-0.4, -0.2) is 25.2 Å². The molecule has 1 heterocycles. The molecular formula is C14H25NO2. The molecule has 0 bridgehead atoms. The van der Waals surface area contributed by atoms with Crippen LogP contribution in [0, 0.1) is 5.41 Å². The summed E-state index contributed by atoms with van der Waals surface area (Å²) in [7, 11) is 0. The Morgan fingerprint density at radius 3 is 2.71 bits per heavy atom. The number of hydrogen-bond donors (Lipinski definition) is 1. The summed E-state index contributed by atoms with van der Waals surface area (Å²) in [4.78, 5) is 11.8. The maximum Gasteiger partial charge on any atom is 0.222 e. The van der Waals surface area contributed by atoms with Crippen molar-refractivity contribution in [1.29, 1.82) is 0 Å². The van der Waals surface area contributed by atoms with Crippen LogP contribution in [0.25, 0.3) is 0 Å². The molecular weight excluding hydrogens is 214 g/mol. The molecule has 0 unspecified atom stereocenters. The fourth-order valence-electron chi connectivity index (χ4n) is 3.15. The third-order valence-electron chi connectivity index (χ3n) is 4.51. The lowest BCUT2D eigenvalue weighted by Crippen LogP contribution is -2.36. The molecule has 1 aliphatic heterocycles. The van der Waals surface area contributed by atoms with Crippen LogP contribution in [0.3, 0.4) is 0 Å². The molecule has 1 amide bonds. The van der Waals surface area contributed by atoms with Gasteiger partial charge in [0.2, 0.25) is 5.91 Å². The standard InChI is InChI=1S/C14H25NO2/c1-2-14(7-3-4-8-14)11-15-13(16)10-12-6-5-9-17-12/h12H,2-11H2,1H3,(H,15,16)/t12-/m1/s1. The molecule has 1 atom stereocenters. The van der Waals surface area contributed by atoms with E-state index in [2.05, 4.69) is 12.2 Å². The van der Waals surface area contributed by atoms with Crippen LogP contribution in [0.1, 0.15) is 58.3 Å². The van der Waals surface area contributed by atoms with Gasteiger partial charge in [0.15, 0.2) is 0 Å². The number of carbonyl (C=O) groups excluding carboxylic acids is 1. The molecule has 0 spiro atoms. The van der Waals surface area contributed by atoms with Crippen LogP contribution in [0.15, 0.2) is 0 Å². The van der Waals surface area contributed by atoms with Gasteiger partial charge in [-0.05, 0) is 37.5 Å². The molecule has 98 valence electrons. The molecule has 1 N–H and O–H groups in total. The second-order valence-electron chi connectivity index (χ2n) is 5.68. The molecule has 0 radical (unpaired) electrons. The molecule has 2 rings (SSSR count). The molecule has 1 saturated heterocycles. The number of nitrogens with one attached hydrogen (secondary N) is 1. The topological polar surface area (TPSA) is 38.3 Å². The summed E-state index contributed by atoms with van der Waals surface area (Å²) in [5.74, 6) is 0.177. The van der Waals surface area contributed by atoms with E-state index < -0.39 is 0 Å². The lowest BCUT2D eigenvalue weighted by atomic mass is 9.83. The van der Waals surface area contributed by atoms with Gasteiger partial charge in [-0.3, -0.25) is 4.79 Å². The highest BCUT2D eigenvalue weighted by Crippen LogP contribution is 2.40. The summed E-state index contributed by atoms with van der Waals surface area (Å²) in [5.41, 5.74) is 0.395. The molecule has 2 aliphatic rings. The quantitative estimate of drug-likeness (QED) is 0.801. The van der Waals surface area contributed by atoms with E-state index in [1.165, 1.54) is 32.1 Å². The number of ether oxygens (including phenoxy) is 1. The molecule has 3 nitrogen and oxygen atoms in total. The summed E-state index contributed by atoms with van der Waals surface area (Å²) in [6.45, 7) is 3.95. The minimum atomic E-state index is 0.177. The van der Waals surface area contributed by atoms with E-state index in [0.29, 0.717) is 11.8 Å². The molecule has 2 fully saturated rings. The van der Waals surface area contributed by atoms with Crippen molar-refractivity contribution in [2.75, 3.05) is 13.2 Å². The lowest BCUT2D eigenvalue weighted by Gasteiger charge is -2.27. The van der Waals surface area contributed by atoms with Crippen LogP contribution in [0.4, 0.5) is 0 Å². The van der Waals surface area contributed by atoms with E-state index in [4.69, 9.17) is 4.74 Å². The third-order valence-corrected chi connectivity index (χ3v) is 4.51. The van der Waals surface area contributed by atoms with E-state index in [9.17, 15) is 4.79 Å². The molecule has 3 heteroatoms. The number of rotatable bonds is 5. The second kappa shape index (κ2) is 5.85. The van der Waals surface area contributed by atoms with Crippen molar-refractivity contribution in [2.24, 2.45) is 5.41 Å². The number of amides is 1. The van der Waals surface area contributed by atoms with Crippen LogP contribution in [0.2, 0.25) is 0 Å². The third kappa shape index (κ3) is 3.44. The van der Waals surface area contributed by atoms with Crippen LogP contribution >= 0.6 is 0 Å². The Hall–Kier alpha value is -0.570. The van der Waals surface area contributed by atoms with Gasteiger partial charge in [-0.2, -0.15) is 0 Å². The number of hydrogen-bond acceptors (Lipinski definition) is 2. The van der Waals surface area contributed by atoms with Gasteiger partial charge < -0.3 is 10.1 Å².